The van der Waals surface area contributed by atoms with Crippen molar-refractivity contribution in [3.63, 3.8) is 0 Å². The first-order valence-electron chi connectivity index (χ1n) is 3.23. The lowest BCUT2D eigenvalue weighted by atomic mass is 10.1. The smallest absolute Gasteiger partial charge is 0.338 e. The predicted octanol–water partition coefficient (Wildman–Crippen LogP) is 2.50. The van der Waals surface area contributed by atoms with Crippen LogP contribution in [-0.4, -0.2) is 17.4 Å². The van der Waals surface area contributed by atoms with Gasteiger partial charge in [0.1, 0.15) is 6.29 Å². The first-order valence-corrected chi connectivity index (χ1v) is 3.99. The maximum absolute atomic E-state index is 10.6. The number of carbonyl (C=O) groups is 2. The molecule has 0 spiro atoms. The maximum atomic E-state index is 10.6. The second kappa shape index (κ2) is 3.77. The van der Waals surface area contributed by atoms with E-state index in [2.05, 4.69) is 0 Å². The molecule has 0 unspecified atom stereocenters. The minimum Gasteiger partial charge on any atom is -0.478 e. The van der Waals surface area contributed by atoms with Gasteiger partial charge in [0.15, 0.2) is 0 Å². The van der Waals surface area contributed by atoms with E-state index in [0.717, 1.165) is 0 Å². The summed E-state index contributed by atoms with van der Waals surface area (Å²) < 4.78 is 0. The highest BCUT2D eigenvalue weighted by atomic mass is 35.5. The van der Waals surface area contributed by atoms with Gasteiger partial charge in [0.05, 0.1) is 15.6 Å². The topological polar surface area (TPSA) is 54.4 Å². The van der Waals surface area contributed by atoms with Crippen molar-refractivity contribution in [2.24, 2.45) is 0 Å². The van der Waals surface area contributed by atoms with E-state index in [1.165, 1.54) is 12.1 Å². The van der Waals surface area contributed by atoms with Crippen LogP contribution in [0, 0.1) is 0 Å². The van der Waals surface area contributed by atoms with E-state index < -0.39 is 5.97 Å². The van der Waals surface area contributed by atoms with Crippen LogP contribution >= 0.6 is 23.2 Å². The lowest BCUT2D eigenvalue weighted by Gasteiger charge is -2.01. The molecule has 5 heteroatoms. The number of aromatic carboxylic acids is 1. The highest BCUT2D eigenvalue weighted by molar-refractivity contribution is 6.39. The van der Waals surface area contributed by atoms with Crippen LogP contribution in [0.3, 0.4) is 0 Å². The van der Waals surface area contributed by atoms with E-state index in [1.807, 2.05) is 0 Å². The maximum Gasteiger partial charge on any atom is 0.338 e. The molecule has 0 saturated carbocycles. The zero-order valence-electron chi connectivity index (χ0n) is 6.25. The van der Waals surface area contributed by atoms with Gasteiger partial charge in [-0.3, -0.25) is 4.79 Å². The zero-order chi connectivity index (χ0) is 10.0. The lowest BCUT2D eigenvalue weighted by molar-refractivity contribution is 0.0697. The van der Waals surface area contributed by atoms with Crippen molar-refractivity contribution in [3.05, 3.63) is 33.3 Å². The standard InChI is InChI=1S/C8H4Cl2O3/c9-5-1-4(3-11)2-6(10)7(5)8(12)13/h1-3H,(H,12,13). The summed E-state index contributed by atoms with van der Waals surface area (Å²) in [7, 11) is 0. The van der Waals surface area contributed by atoms with E-state index >= 15 is 0 Å². The molecule has 3 nitrogen and oxygen atoms in total. The van der Waals surface area contributed by atoms with E-state index in [4.69, 9.17) is 28.3 Å². The van der Waals surface area contributed by atoms with Crippen LogP contribution in [0.15, 0.2) is 12.1 Å². The Balaban J connectivity index is 3.39. The molecule has 0 aromatic heterocycles. The highest BCUT2D eigenvalue weighted by Gasteiger charge is 2.14. The average molecular weight is 219 g/mol. The van der Waals surface area contributed by atoms with Crippen LogP contribution < -0.4 is 0 Å². The molecular weight excluding hydrogens is 215 g/mol. The minimum absolute atomic E-state index is 0.0397. The summed E-state index contributed by atoms with van der Waals surface area (Å²) in [6.45, 7) is 0. The Morgan fingerprint density at radius 3 is 2.08 bits per heavy atom. The van der Waals surface area contributed by atoms with Gasteiger partial charge in [-0.1, -0.05) is 23.2 Å². The van der Waals surface area contributed by atoms with Crippen LogP contribution in [0.5, 0.6) is 0 Å². The summed E-state index contributed by atoms with van der Waals surface area (Å²) in [5.41, 5.74) is 0.0638. The van der Waals surface area contributed by atoms with Crippen molar-refractivity contribution in [1.29, 1.82) is 0 Å². The molecule has 0 fully saturated rings. The summed E-state index contributed by atoms with van der Waals surface area (Å²) in [6, 6.07) is 2.51. The third kappa shape index (κ3) is 1.99. The lowest BCUT2D eigenvalue weighted by Crippen LogP contribution is -1.99. The number of halogens is 2. The van der Waals surface area contributed by atoms with Crippen LogP contribution in [0.1, 0.15) is 20.7 Å². The van der Waals surface area contributed by atoms with Gasteiger partial charge < -0.3 is 5.11 Å². The van der Waals surface area contributed by atoms with Gasteiger partial charge in [-0.15, -0.1) is 0 Å². The predicted molar refractivity (Wildman–Crippen MR) is 48.8 cm³/mol. The molecule has 0 aliphatic rings. The molecule has 0 amide bonds. The first kappa shape index (κ1) is 10.0. The monoisotopic (exact) mass is 218 g/mol. The third-order valence-electron chi connectivity index (χ3n) is 1.41. The third-order valence-corrected chi connectivity index (χ3v) is 2.01. The van der Waals surface area contributed by atoms with Crippen LogP contribution in [-0.2, 0) is 0 Å². The first-order chi connectivity index (χ1) is 6.06. The molecule has 0 bridgehead atoms. The quantitative estimate of drug-likeness (QED) is 0.777. The number of rotatable bonds is 2. The Morgan fingerprint density at radius 1 is 1.31 bits per heavy atom. The van der Waals surface area contributed by atoms with Crippen molar-refractivity contribution < 1.29 is 14.7 Å². The van der Waals surface area contributed by atoms with Gasteiger partial charge in [0, 0.05) is 5.56 Å². The Morgan fingerprint density at radius 2 is 1.77 bits per heavy atom. The molecule has 13 heavy (non-hydrogen) atoms. The van der Waals surface area contributed by atoms with Crippen molar-refractivity contribution in [3.8, 4) is 0 Å². The molecule has 0 atom stereocenters. The minimum atomic E-state index is -1.22. The molecule has 0 saturated heterocycles. The molecule has 68 valence electrons. The zero-order valence-corrected chi connectivity index (χ0v) is 7.76. The number of aldehydes is 1. The molecule has 0 aliphatic heterocycles. The van der Waals surface area contributed by atoms with Crippen LogP contribution in [0.2, 0.25) is 10.0 Å². The Hall–Kier alpha value is -1.06. The van der Waals surface area contributed by atoms with Crippen LogP contribution in [0.4, 0.5) is 0 Å². The molecule has 1 aromatic carbocycles. The van der Waals surface area contributed by atoms with Crippen molar-refractivity contribution >= 4 is 35.5 Å². The molecule has 0 radical (unpaired) electrons. The van der Waals surface area contributed by atoms with Crippen molar-refractivity contribution in [2.75, 3.05) is 0 Å². The van der Waals surface area contributed by atoms with E-state index in [-0.39, 0.29) is 21.2 Å². The van der Waals surface area contributed by atoms with Crippen LogP contribution in [0.25, 0.3) is 0 Å². The summed E-state index contributed by atoms with van der Waals surface area (Å²) in [5.74, 6) is -1.22. The summed E-state index contributed by atoms with van der Waals surface area (Å²) >= 11 is 11.2. The normalized spacial score (nSPS) is 9.69. The van der Waals surface area contributed by atoms with Gasteiger partial charge >= 0.3 is 5.97 Å². The van der Waals surface area contributed by atoms with Crippen molar-refractivity contribution in [1.82, 2.24) is 0 Å². The molecule has 1 N–H and O–H groups in total. The van der Waals surface area contributed by atoms with Gasteiger partial charge in [-0.2, -0.15) is 0 Å². The summed E-state index contributed by atoms with van der Waals surface area (Å²) in [5, 5.41) is 8.57. The summed E-state index contributed by atoms with van der Waals surface area (Å²) in [6.07, 6.45) is 0.545. The molecule has 1 rings (SSSR count). The second-order valence-electron chi connectivity index (χ2n) is 2.28. The fourth-order valence-corrected chi connectivity index (χ4v) is 1.53. The van der Waals surface area contributed by atoms with Gasteiger partial charge in [0.2, 0.25) is 0 Å². The largest absolute Gasteiger partial charge is 0.478 e. The highest BCUT2D eigenvalue weighted by Crippen LogP contribution is 2.25. The fraction of sp³-hybridized carbons (Fsp3) is 0. The van der Waals surface area contributed by atoms with Gasteiger partial charge in [0.25, 0.3) is 0 Å². The Labute approximate surface area is 83.9 Å². The molecule has 1 aromatic rings. The van der Waals surface area contributed by atoms with E-state index in [1.54, 1.807) is 0 Å². The number of carboxylic acid groups (broad SMARTS) is 1. The SMILES string of the molecule is O=Cc1cc(Cl)c(C(=O)O)c(Cl)c1. The molecular formula is C8H4Cl2O3. The number of carbonyl (C=O) groups excluding carboxylic acids is 1. The Bertz CT molecular complexity index is 351. The van der Waals surface area contributed by atoms with E-state index in [0.29, 0.717) is 6.29 Å². The second-order valence-corrected chi connectivity index (χ2v) is 3.10. The van der Waals surface area contributed by atoms with Crippen molar-refractivity contribution in [2.45, 2.75) is 0 Å². The number of benzene rings is 1. The molecule has 0 aliphatic carbocycles. The molecule has 0 heterocycles. The van der Waals surface area contributed by atoms with E-state index in [9.17, 15) is 9.59 Å². The average Bonchev–Trinajstić information content (AvgIpc) is 2.02. The Kier molecular flexibility index (Phi) is 2.90. The summed E-state index contributed by atoms with van der Waals surface area (Å²) in [4.78, 5) is 20.9. The number of hydrogen-bond donors (Lipinski definition) is 1. The number of carboxylic acids is 1. The number of hydrogen-bond acceptors (Lipinski definition) is 2. The van der Waals surface area contributed by atoms with Gasteiger partial charge in [-0.25, -0.2) is 4.79 Å². The fourth-order valence-electron chi connectivity index (χ4n) is 0.865. The van der Waals surface area contributed by atoms with Gasteiger partial charge in [-0.05, 0) is 12.1 Å².